The van der Waals surface area contributed by atoms with Gasteiger partial charge in [0.1, 0.15) is 5.69 Å². The van der Waals surface area contributed by atoms with E-state index in [-0.39, 0.29) is 5.91 Å². The van der Waals surface area contributed by atoms with Crippen LogP contribution in [0, 0.1) is 0 Å². The average Bonchev–Trinajstić information content (AvgIpc) is 2.62. The molecule has 1 aromatic heterocycles. The molecule has 3 rings (SSSR count). The van der Waals surface area contributed by atoms with E-state index in [1.54, 1.807) is 18.3 Å². The van der Waals surface area contributed by atoms with Gasteiger partial charge >= 0.3 is 0 Å². The van der Waals surface area contributed by atoms with E-state index < -0.39 is 0 Å². The van der Waals surface area contributed by atoms with Crippen molar-refractivity contribution in [2.24, 2.45) is 0 Å². The quantitative estimate of drug-likeness (QED) is 0.852. The second-order valence-electron chi connectivity index (χ2n) is 6.13. The number of hydrogen-bond acceptors (Lipinski definition) is 3. The van der Waals surface area contributed by atoms with E-state index in [2.05, 4.69) is 41.1 Å². The molecule has 1 atom stereocenters. The van der Waals surface area contributed by atoms with Crippen molar-refractivity contribution < 1.29 is 4.79 Å². The molecule has 5 heteroatoms. The van der Waals surface area contributed by atoms with Gasteiger partial charge in [-0.2, -0.15) is 0 Å². The standard InChI is InChI=1S/C19H22ClN3O/c1-2-17-14-23(19(24)18-12-16(20)8-9-21-18)11-10-22(17)13-15-6-4-3-5-7-15/h3-9,12,17H,2,10-11,13-14H2,1H3. The fourth-order valence-corrected chi connectivity index (χ4v) is 3.33. The van der Waals surface area contributed by atoms with E-state index >= 15 is 0 Å². The Morgan fingerprint density at radius 1 is 1.25 bits per heavy atom. The summed E-state index contributed by atoms with van der Waals surface area (Å²) in [6, 6.07) is 14.2. The number of amides is 1. The number of rotatable bonds is 4. The number of aromatic nitrogens is 1. The maximum atomic E-state index is 12.7. The van der Waals surface area contributed by atoms with Crippen molar-refractivity contribution in [3.05, 3.63) is 64.9 Å². The SMILES string of the molecule is CCC1CN(C(=O)c2cc(Cl)ccn2)CCN1Cc1ccccc1. The molecular weight excluding hydrogens is 322 g/mol. The first-order chi connectivity index (χ1) is 11.7. The maximum absolute atomic E-state index is 12.7. The Labute approximate surface area is 148 Å². The van der Waals surface area contributed by atoms with Crippen molar-refractivity contribution in [3.8, 4) is 0 Å². The predicted octanol–water partition coefficient (Wildman–Crippen LogP) is 3.47. The Kier molecular flexibility index (Phi) is 5.48. The number of piperazine rings is 1. The highest BCUT2D eigenvalue weighted by atomic mass is 35.5. The van der Waals surface area contributed by atoms with Crippen LogP contribution >= 0.6 is 11.6 Å². The molecule has 0 bridgehead atoms. The fourth-order valence-electron chi connectivity index (χ4n) is 3.17. The van der Waals surface area contributed by atoms with Gasteiger partial charge < -0.3 is 4.90 Å². The van der Waals surface area contributed by atoms with E-state index in [1.165, 1.54) is 5.56 Å². The van der Waals surface area contributed by atoms with Crippen molar-refractivity contribution >= 4 is 17.5 Å². The molecular formula is C19H22ClN3O. The number of benzene rings is 1. The van der Waals surface area contributed by atoms with Gasteiger partial charge in [0.05, 0.1) is 0 Å². The first-order valence-corrected chi connectivity index (χ1v) is 8.74. The molecule has 1 amide bonds. The molecule has 1 unspecified atom stereocenters. The molecule has 1 fully saturated rings. The molecule has 24 heavy (non-hydrogen) atoms. The van der Waals surface area contributed by atoms with Crippen molar-refractivity contribution in [3.63, 3.8) is 0 Å². The van der Waals surface area contributed by atoms with Gasteiger partial charge in [0.15, 0.2) is 0 Å². The zero-order chi connectivity index (χ0) is 16.9. The molecule has 2 heterocycles. The molecule has 1 aliphatic rings. The Morgan fingerprint density at radius 2 is 2.04 bits per heavy atom. The summed E-state index contributed by atoms with van der Waals surface area (Å²) in [4.78, 5) is 21.2. The largest absolute Gasteiger partial charge is 0.334 e. The molecule has 0 aliphatic carbocycles. The summed E-state index contributed by atoms with van der Waals surface area (Å²) in [6.07, 6.45) is 2.60. The monoisotopic (exact) mass is 343 g/mol. The van der Waals surface area contributed by atoms with Gasteiger partial charge in [-0.1, -0.05) is 48.9 Å². The molecule has 0 N–H and O–H groups in total. The van der Waals surface area contributed by atoms with E-state index in [9.17, 15) is 4.79 Å². The second kappa shape index (κ2) is 7.77. The highest BCUT2D eigenvalue weighted by Crippen LogP contribution is 2.18. The molecule has 4 nitrogen and oxygen atoms in total. The lowest BCUT2D eigenvalue weighted by atomic mass is 10.1. The zero-order valence-corrected chi connectivity index (χ0v) is 14.6. The van der Waals surface area contributed by atoms with Crippen LogP contribution in [0.25, 0.3) is 0 Å². The van der Waals surface area contributed by atoms with Gasteiger partial charge in [-0.25, -0.2) is 0 Å². The highest BCUT2D eigenvalue weighted by Gasteiger charge is 2.29. The summed E-state index contributed by atoms with van der Waals surface area (Å²) in [5.74, 6) is -0.0321. The lowest BCUT2D eigenvalue weighted by Gasteiger charge is -2.41. The highest BCUT2D eigenvalue weighted by molar-refractivity contribution is 6.30. The van der Waals surface area contributed by atoms with Gasteiger partial charge in [0.25, 0.3) is 5.91 Å². The smallest absolute Gasteiger partial charge is 0.272 e. The first kappa shape index (κ1) is 16.9. The van der Waals surface area contributed by atoms with Crippen LogP contribution in [-0.2, 0) is 6.54 Å². The van der Waals surface area contributed by atoms with Gasteiger partial charge in [0.2, 0.25) is 0 Å². The molecule has 2 aromatic rings. The first-order valence-electron chi connectivity index (χ1n) is 8.36. The maximum Gasteiger partial charge on any atom is 0.272 e. The molecule has 0 spiro atoms. The summed E-state index contributed by atoms with van der Waals surface area (Å²) < 4.78 is 0. The minimum Gasteiger partial charge on any atom is -0.334 e. The van der Waals surface area contributed by atoms with Gasteiger partial charge in [-0.05, 0) is 24.1 Å². The number of halogens is 1. The predicted molar refractivity (Wildman–Crippen MR) is 96.1 cm³/mol. The van der Waals surface area contributed by atoms with Crippen LogP contribution in [0.5, 0.6) is 0 Å². The van der Waals surface area contributed by atoms with E-state index in [1.807, 2.05) is 11.0 Å². The average molecular weight is 344 g/mol. The van der Waals surface area contributed by atoms with Crippen molar-refractivity contribution in [1.29, 1.82) is 0 Å². The third kappa shape index (κ3) is 3.94. The lowest BCUT2D eigenvalue weighted by molar-refractivity contribution is 0.0446. The zero-order valence-electron chi connectivity index (χ0n) is 13.9. The third-order valence-corrected chi connectivity index (χ3v) is 4.77. The summed E-state index contributed by atoms with van der Waals surface area (Å²) in [7, 11) is 0. The van der Waals surface area contributed by atoms with E-state index in [0.29, 0.717) is 16.8 Å². The van der Waals surface area contributed by atoms with Crippen molar-refractivity contribution in [1.82, 2.24) is 14.8 Å². The number of pyridine rings is 1. The topological polar surface area (TPSA) is 36.4 Å². The van der Waals surface area contributed by atoms with Crippen molar-refractivity contribution in [2.75, 3.05) is 19.6 Å². The fraction of sp³-hybridized carbons (Fsp3) is 0.368. The number of hydrogen-bond donors (Lipinski definition) is 0. The minimum atomic E-state index is -0.0321. The molecule has 0 radical (unpaired) electrons. The summed E-state index contributed by atoms with van der Waals surface area (Å²) >= 11 is 5.98. The van der Waals surface area contributed by atoms with Gasteiger partial charge in [-0.15, -0.1) is 0 Å². The summed E-state index contributed by atoms with van der Waals surface area (Å²) in [5.41, 5.74) is 1.74. The van der Waals surface area contributed by atoms with Crippen LogP contribution < -0.4 is 0 Å². The van der Waals surface area contributed by atoms with Crippen LogP contribution in [0.1, 0.15) is 29.4 Å². The molecule has 126 valence electrons. The van der Waals surface area contributed by atoms with E-state index in [4.69, 9.17) is 11.6 Å². The van der Waals surface area contributed by atoms with Crippen LogP contribution in [0.15, 0.2) is 48.7 Å². The van der Waals surface area contributed by atoms with Crippen LogP contribution in [0.4, 0.5) is 0 Å². The summed E-state index contributed by atoms with van der Waals surface area (Å²) in [6.45, 7) is 5.43. The molecule has 0 saturated carbocycles. The summed E-state index contributed by atoms with van der Waals surface area (Å²) in [5, 5.41) is 0.545. The Balaban J connectivity index is 1.67. The number of carbonyl (C=O) groups is 1. The van der Waals surface area contributed by atoms with Crippen LogP contribution in [-0.4, -0.2) is 46.4 Å². The van der Waals surface area contributed by atoms with E-state index in [0.717, 1.165) is 32.6 Å². The van der Waals surface area contributed by atoms with Crippen LogP contribution in [0.2, 0.25) is 5.02 Å². The Hall–Kier alpha value is -1.91. The number of carbonyl (C=O) groups excluding carboxylic acids is 1. The minimum absolute atomic E-state index is 0.0321. The molecule has 1 saturated heterocycles. The molecule has 1 aliphatic heterocycles. The lowest BCUT2D eigenvalue weighted by Crippen LogP contribution is -2.54. The Morgan fingerprint density at radius 3 is 2.75 bits per heavy atom. The van der Waals surface area contributed by atoms with Gasteiger partial charge in [-0.3, -0.25) is 14.7 Å². The Bertz CT molecular complexity index is 692. The van der Waals surface area contributed by atoms with Gasteiger partial charge in [0, 0.05) is 43.4 Å². The second-order valence-corrected chi connectivity index (χ2v) is 6.57. The third-order valence-electron chi connectivity index (χ3n) is 4.53. The molecule has 1 aromatic carbocycles. The van der Waals surface area contributed by atoms with Crippen molar-refractivity contribution in [2.45, 2.75) is 25.9 Å². The normalized spacial score (nSPS) is 18.6. The number of nitrogens with zero attached hydrogens (tertiary/aromatic N) is 3. The van der Waals surface area contributed by atoms with Crippen LogP contribution in [0.3, 0.4) is 0 Å².